The fourth-order valence-corrected chi connectivity index (χ4v) is 6.31. The van der Waals surface area contributed by atoms with E-state index < -0.39 is 0 Å². The molecule has 2 fully saturated rings. The van der Waals surface area contributed by atoms with Crippen LogP contribution in [0.2, 0.25) is 0 Å². The van der Waals surface area contributed by atoms with Gasteiger partial charge in [-0.15, -0.1) is 11.3 Å². The second-order valence-electron chi connectivity index (χ2n) is 8.03. The third kappa shape index (κ3) is 4.09. The minimum atomic E-state index is -0.224. The summed E-state index contributed by atoms with van der Waals surface area (Å²) in [7, 11) is 0. The Morgan fingerprint density at radius 3 is 2.90 bits per heavy atom. The van der Waals surface area contributed by atoms with Gasteiger partial charge in [-0.25, -0.2) is 9.97 Å². The summed E-state index contributed by atoms with van der Waals surface area (Å²) >= 11 is 4.21. The maximum absolute atomic E-state index is 12.9. The summed E-state index contributed by atoms with van der Waals surface area (Å²) in [6.07, 6.45) is 7.16. The van der Waals surface area contributed by atoms with Gasteiger partial charge in [-0.3, -0.25) is 9.78 Å². The van der Waals surface area contributed by atoms with E-state index in [1.165, 1.54) is 19.3 Å². The standard InChI is InChI=1S/C21H22IN5OS/c1-12-8-14(22)11-27(10-12)17-6-7-23-9-16(17)25-20(28)15-4-5-18-19(24-15)26-21(29-18)13-2-3-13/h4-7,9,12-14H,2-3,8,10-11H2,1H3,(H,25,28)/t12-,14+/m1/s1. The van der Waals surface area contributed by atoms with Crippen molar-refractivity contribution in [3.63, 3.8) is 0 Å². The van der Waals surface area contributed by atoms with Gasteiger partial charge in [0.1, 0.15) is 5.69 Å². The number of amides is 1. The second kappa shape index (κ2) is 7.79. The zero-order valence-electron chi connectivity index (χ0n) is 16.1. The Kier molecular flexibility index (Phi) is 5.15. The number of hydrogen-bond acceptors (Lipinski definition) is 6. The Balaban J connectivity index is 1.39. The molecule has 0 aromatic carbocycles. The molecule has 2 aliphatic rings. The van der Waals surface area contributed by atoms with Gasteiger partial charge >= 0.3 is 0 Å². The number of halogens is 1. The van der Waals surface area contributed by atoms with E-state index in [2.05, 4.69) is 54.7 Å². The maximum atomic E-state index is 12.9. The summed E-state index contributed by atoms with van der Waals surface area (Å²) in [6.45, 7) is 4.24. The van der Waals surface area contributed by atoms with E-state index in [1.807, 2.05) is 12.1 Å². The van der Waals surface area contributed by atoms with E-state index in [4.69, 9.17) is 0 Å². The van der Waals surface area contributed by atoms with E-state index in [9.17, 15) is 4.79 Å². The van der Waals surface area contributed by atoms with Crippen LogP contribution in [0.3, 0.4) is 0 Å². The first kappa shape index (κ1) is 19.2. The van der Waals surface area contributed by atoms with Gasteiger partial charge in [0.05, 0.1) is 27.3 Å². The predicted octanol–water partition coefficient (Wildman–Crippen LogP) is 4.87. The number of aromatic nitrogens is 3. The quantitative estimate of drug-likeness (QED) is 0.394. The van der Waals surface area contributed by atoms with Crippen LogP contribution in [0.1, 0.15) is 47.6 Å². The van der Waals surface area contributed by atoms with Crippen LogP contribution in [0.5, 0.6) is 0 Å². The minimum absolute atomic E-state index is 0.224. The molecule has 1 aliphatic carbocycles. The topological polar surface area (TPSA) is 71.0 Å². The minimum Gasteiger partial charge on any atom is -0.368 e. The molecular weight excluding hydrogens is 497 g/mol. The van der Waals surface area contributed by atoms with Gasteiger partial charge in [0.15, 0.2) is 5.65 Å². The molecule has 5 rings (SSSR count). The molecular formula is C21H22IN5OS. The highest BCUT2D eigenvalue weighted by molar-refractivity contribution is 14.1. The van der Waals surface area contributed by atoms with E-state index in [0.29, 0.717) is 27.1 Å². The lowest BCUT2D eigenvalue weighted by atomic mass is 9.99. The molecule has 29 heavy (non-hydrogen) atoms. The molecule has 6 nitrogen and oxygen atoms in total. The van der Waals surface area contributed by atoms with Crippen molar-refractivity contribution < 1.29 is 4.79 Å². The van der Waals surface area contributed by atoms with Crippen LogP contribution in [0.15, 0.2) is 30.6 Å². The van der Waals surface area contributed by atoms with Crippen molar-refractivity contribution >= 4 is 61.6 Å². The van der Waals surface area contributed by atoms with Gasteiger partial charge in [-0.2, -0.15) is 0 Å². The number of hydrogen-bond donors (Lipinski definition) is 1. The van der Waals surface area contributed by atoms with E-state index in [0.717, 1.165) is 34.2 Å². The van der Waals surface area contributed by atoms with Crippen LogP contribution in [-0.4, -0.2) is 37.9 Å². The molecule has 1 amide bonds. The van der Waals surface area contributed by atoms with Crippen molar-refractivity contribution in [2.45, 2.75) is 36.0 Å². The summed E-state index contributed by atoms with van der Waals surface area (Å²) in [6, 6.07) is 5.72. The second-order valence-corrected chi connectivity index (χ2v) is 10.9. The van der Waals surface area contributed by atoms with Crippen molar-refractivity contribution in [2.75, 3.05) is 23.3 Å². The number of alkyl halides is 1. The number of fused-ring (bicyclic) bond motifs is 1. The lowest BCUT2D eigenvalue weighted by Crippen LogP contribution is -2.40. The number of rotatable bonds is 4. The zero-order chi connectivity index (χ0) is 20.0. The molecule has 1 saturated carbocycles. The van der Waals surface area contributed by atoms with Crippen LogP contribution in [0.4, 0.5) is 11.4 Å². The first-order valence-corrected chi connectivity index (χ1v) is 12.0. The monoisotopic (exact) mass is 519 g/mol. The summed E-state index contributed by atoms with van der Waals surface area (Å²) in [5.74, 6) is 0.994. The molecule has 0 bridgehead atoms. The van der Waals surface area contributed by atoms with E-state index in [1.54, 1.807) is 29.8 Å². The summed E-state index contributed by atoms with van der Waals surface area (Å²) in [5.41, 5.74) is 2.81. The number of thiazole rings is 1. The molecule has 1 aliphatic heterocycles. The molecule has 1 N–H and O–H groups in total. The number of nitrogens with one attached hydrogen (secondary N) is 1. The van der Waals surface area contributed by atoms with Gasteiger partial charge in [-0.1, -0.05) is 29.5 Å². The normalized spacial score (nSPS) is 22.1. The smallest absolute Gasteiger partial charge is 0.274 e. The van der Waals surface area contributed by atoms with Gasteiger partial charge in [0.2, 0.25) is 0 Å². The third-order valence-electron chi connectivity index (χ3n) is 5.42. The molecule has 3 aromatic rings. The van der Waals surface area contributed by atoms with Crippen molar-refractivity contribution in [3.05, 3.63) is 41.3 Å². The number of carbonyl (C=O) groups is 1. The maximum Gasteiger partial charge on any atom is 0.274 e. The summed E-state index contributed by atoms with van der Waals surface area (Å²) < 4.78 is 1.64. The average molecular weight is 519 g/mol. The first-order chi connectivity index (χ1) is 14.1. The highest BCUT2D eigenvalue weighted by atomic mass is 127. The number of pyridine rings is 2. The van der Waals surface area contributed by atoms with Crippen molar-refractivity contribution in [3.8, 4) is 0 Å². The van der Waals surface area contributed by atoms with Gasteiger partial charge in [0.25, 0.3) is 5.91 Å². The molecule has 1 saturated heterocycles. The Morgan fingerprint density at radius 1 is 1.24 bits per heavy atom. The molecule has 0 spiro atoms. The Bertz CT molecular complexity index is 1060. The molecule has 0 unspecified atom stereocenters. The number of anilines is 2. The van der Waals surface area contributed by atoms with Crippen LogP contribution < -0.4 is 10.2 Å². The Labute approximate surface area is 187 Å². The molecule has 2 atom stereocenters. The van der Waals surface area contributed by atoms with Crippen molar-refractivity contribution in [1.29, 1.82) is 0 Å². The van der Waals surface area contributed by atoms with Crippen molar-refractivity contribution in [1.82, 2.24) is 15.0 Å². The largest absolute Gasteiger partial charge is 0.368 e. The van der Waals surface area contributed by atoms with Crippen molar-refractivity contribution in [2.24, 2.45) is 5.92 Å². The molecule has 150 valence electrons. The SMILES string of the molecule is C[C@@H]1C[C@H](I)CN(c2ccncc2NC(=O)c2ccc3sc(C4CC4)nc3n2)C1. The van der Waals surface area contributed by atoms with Gasteiger partial charge in [0, 0.05) is 29.1 Å². The van der Waals surface area contributed by atoms with Gasteiger partial charge in [-0.05, 0) is 43.4 Å². The molecule has 3 aromatic heterocycles. The fraction of sp³-hybridized carbons (Fsp3) is 0.429. The van der Waals surface area contributed by atoms with Crippen LogP contribution in [-0.2, 0) is 0 Å². The highest BCUT2D eigenvalue weighted by Crippen LogP contribution is 2.43. The van der Waals surface area contributed by atoms with Crippen LogP contribution >= 0.6 is 33.9 Å². The van der Waals surface area contributed by atoms with Crippen LogP contribution in [0, 0.1) is 5.92 Å². The van der Waals surface area contributed by atoms with Crippen LogP contribution in [0.25, 0.3) is 10.3 Å². The summed E-state index contributed by atoms with van der Waals surface area (Å²) in [5, 5.41) is 4.17. The predicted molar refractivity (Wildman–Crippen MR) is 125 cm³/mol. The number of piperidine rings is 1. The molecule has 4 heterocycles. The zero-order valence-corrected chi connectivity index (χ0v) is 19.1. The summed E-state index contributed by atoms with van der Waals surface area (Å²) in [4.78, 5) is 28.7. The van der Waals surface area contributed by atoms with E-state index >= 15 is 0 Å². The third-order valence-corrected chi connectivity index (χ3v) is 7.50. The number of nitrogens with zero attached hydrogens (tertiary/aromatic N) is 4. The number of carbonyl (C=O) groups excluding carboxylic acids is 1. The lowest BCUT2D eigenvalue weighted by Gasteiger charge is -2.36. The highest BCUT2D eigenvalue weighted by Gasteiger charge is 2.28. The van der Waals surface area contributed by atoms with Gasteiger partial charge < -0.3 is 10.2 Å². The first-order valence-electron chi connectivity index (χ1n) is 9.98. The molecule has 0 radical (unpaired) electrons. The lowest BCUT2D eigenvalue weighted by molar-refractivity contribution is 0.102. The Morgan fingerprint density at radius 2 is 2.10 bits per heavy atom. The average Bonchev–Trinajstić information content (AvgIpc) is 3.46. The Hall–Kier alpha value is -1.81. The fourth-order valence-electron chi connectivity index (χ4n) is 3.88. The molecule has 8 heteroatoms. The van der Waals surface area contributed by atoms with E-state index in [-0.39, 0.29) is 5.91 Å².